The lowest BCUT2D eigenvalue weighted by molar-refractivity contribution is -0.384. The van der Waals surface area contributed by atoms with Gasteiger partial charge in [0.15, 0.2) is 5.17 Å². The molecule has 1 amide bonds. The Balaban J connectivity index is 1.96. The van der Waals surface area contributed by atoms with Crippen molar-refractivity contribution in [2.75, 3.05) is 6.54 Å². The second kappa shape index (κ2) is 7.34. The van der Waals surface area contributed by atoms with Gasteiger partial charge < -0.3 is 0 Å². The summed E-state index contributed by atoms with van der Waals surface area (Å²) in [6.07, 6.45) is 0. The first-order valence-corrected chi connectivity index (χ1v) is 9.38. The minimum Gasteiger partial charge on any atom is -0.287 e. The fourth-order valence-corrected chi connectivity index (χ4v) is 4.10. The molecule has 0 aliphatic carbocycles. The molecule has 8 nitrogen and oxygen atoms in total. The maximum Gasteiger partial charge on any atom is 0.269 e. The Labute approximate surface area is 157 Å². The first kappa shape index (κ1) is 18.2. The van der Waals surface area contributed by atoms with E-state index < -0.39 is 4.92 Å². The summed E-state index contributed by atoms with van der Waals surface area (Å²) < 4.78 is 0. The second-order valence-electron chi connectivity index (χ2n) is 5.41. The number of aryl methyl sites for hydroxylation is 1. The third kappa shape index (κ3) is 3.51. The Morgan fingerprint density at radius 1 is 1.31 bits per heavy atom. The quantitative estimate of drug-likeness (QED) is 0.448. The predicted octanol–water partition coefficient (Wildman–Crippen LogP) is 3.77. The number of nitro benzene ring substituents is 1. The van der Waals surface area contributed by atoms with E-state index >= 15 is 0 Å². The highest BCUT2D eigenvalue weighted by atomic mass is 32.2. The highest BCUT2D eigenvalue weighted by molar-refractivity contribution is 8.18. The topological polar surface area (TPSA) is 102 Å². The van der Waals surface area contributed by atoms with Crippen molar-refractivity contribution in [1.82, 2.24) is 15.1 Å². The summed E-state index contributed by atoms with van der Waals surface area (Å²) in [4.78, 5) is 29.7. The summed E-state index contributed by atoms with van der Waals surface area (Å²) in [5.41, 5.74) is 1.53. The van der Waals surface area contributed by atoms with Crippen LogP contribution in [-0.4, -0.2) is 37.6 Å². The van der Waals surface area contributed by atoms with E-state index in [1.54, 1.807) is 17.0 Å². The van der Waals surface area contributed by atoms with Crippen LogP contribution < -0.4 is 0 Å². The summed E-state index contributed by atoms with van der Waals surface area (Å²) in [7, 11) is 0. The standard InChI is InChI=1S/C16H15N5O3S2/c1-4-20-14(22)13(26-16(20)17-15-19-18-10(3)25-15)9(2)11-5-7-12(8-6-11)21(23)24/h5-8H,4H2,1-3H3/b13-9-,17-16+. The van der Waals surface area contributed by atoms with Gasteiger partial charge in [-0.15, -0.1) is 10.2 Å². The predicted molar refractivity (Wildman–Crippen MR) is 102 cm³/mol. The molecule has 1 fully saturated rings. The normalized spacial score (nSPS) is 17.9. The van der Waals surface area contributed by atoms with Crippen molar-refractivity contribution in [2.24, 2.45) is 4.99 Å². The number of benzene rings is 1. The van der Waals surface area contributed by atoms with E-state index in [1.165, 1.54) is 35.2 Å². The number of likely N-dealkylation sites (N-methyl/N-ethyl adjacent to an activating group) is 1. The van der Waals surface area contributed by atoms with E-state index in [0.29, 0.717) is 21.7 Å². The summed E-state index contributed by atoms with van der Waals surface area (Å²) >= 11 is 2.64. The minimum atomic E-state index is -0.449. The van der Waals surface area contributed by atoms with Crippen LogP contribution in [0.4, 0.5) is 10.8 Å². The zero-order chi connectivity index (χ0) is 18.8. The van der Waals surface area contributed by atoms with Gasteiger partial charge in [0.1, 0.15) is 5.01 Å². The molecule has 1 saturated heterocycles. The number of aliphatic imine (C=N–C) groups is 1. The molecule has 0 spiro atoms. The van der Waals surface area contributed by atoms with Crippen molar-refractivity contribution < 1.29 is 9.72 Å². The first-order valence-electron chi connectivity index (χ1n) is 7.75. The Bertz CT molecular complexity index is 934. The number of carbonyl (C=O) groups excluding carboxylic acids is 1. The number of hydrogen-bond acceptors (Lipinski definition) is 8. The molecular formula is C16H15N5O3S2. The average molecular weight is 389 g/mol. The Morgan fingerprint density at radius 3 is 2.54 bits per heavy atom. The van der Waals surface area contributed by atoms with Gasteiger partial charge in [-0.25, -0.2) is 0 Å². The number of hydrogen-bond donors (Lipinski definition) is 0. The van der Waals surface area contributed by atoms with Crippen molar-refractivity contribution in [3.05, 3.63) is 49.9 Å². The molecule has 0 saturated carbocycles. The first-order chi connectivity index (χ1) is 12.4. The molecule has 0 N–H and O–H groups in total. The van der Waals surface area contributed by atoms with Crippen LogP contribution >= 0.6 is 23.1 Å². The summed E-state index contributed by atoms with van der Waals surface area (Å²) in [6, 6.07) is 6.15. The van der Waals surface area contributed by atoms with Crippen LogP contribution in [0.5, 0.6) is 0 Å². The third-order valence-electron chi connectivity index (χ3n) is 3.74. The summed E-state index contributed by atoms with van der Waals surface area (Å²) in [5, 5.41) is 20.6. The summed E-state index contributed by atoms with van der Waals surface area (Å²) in [6.45, 7) is 6.03. The number of nitro groups is 1. The molecule has 3 rings (SSSR count). The summed E-state index contributed by atoms with van der Waals surface area (Å²) in [5.74, 6) is -0.131. The van der Waals surface area contributed by atoms with Crippen LogP contribution in [0.25, 0.3) is 5.57 Å². The molecule has 134 valence electrons. The van der Waals surface area contributed by atoms with Crippen LogP contribution in [0.2, 0.25) is 0 Å². The van der Waals surface area contributed by atoms with Crippen molar-refractivity contribution in [2.45, 2.75) is 20.8 Å². The van der Waals surface area contributed by atoms with Gasteiger partial charge in [0.2, 0.25) is 5.13 Å². The van der Waals surface area contributed by atoms with E-state index in [2.05, 4.69) is 15.2 Å². The van der Waals surface area contributed by atoms with Crippen molar-refractivity contribution >= 4 is 50.6 Å². The maximum absolute atomic E-state index is 12.8. The number of nitrogens with zero attached hydrogens (tertiary/aromatic N) is 5. The highest BCUT2D eigenvalue weighted by Crippen LogP contribution is 2.38. The Hall–Kier alpha value is -2.59. The lowest BCUT2D eigenvalue weighted by atomic mass is 10.1. The van der Waals surface area contributed by atoms with E-state index in [4.69, 9.17) is 0 Å². The molecule has 1 aliphatic rings. The number of non-ortho nitro benzene ring substituents is 1. The average Bonchev–Trinajstić information content (AvgIpc) is 3.17. The monoisotopic (exact) mass is 389 g/mol. The Morgan fingerprint density at radius 2 is 2.00 bits per heavy atom. The van der Waals surface area contributed by atoms with E-state index in [9.17, 15) is 14.9 Å². The number of allylic oxidation sites excluding steroid dienone is 1. The maximum atomic E-state index is 12.8. The number of amidine groups is 1. The molecule has 0 radical (unpaired) electrons. The van der Waals surface area contributed by atoms with Crippen molar-refractivity contribution in [1.29, 1.82) is 0 Å². The molecule has 10 heteroatoms. The van der Waals surface area contributed by atoms with Gasteiger partial charge in [-0.05, 0) is 55.8 Å². The molecule has 1 aromatic carbocycles. The van der Waals surface area contributed by atoms with E-state index in [0.717, 1.165) is 16.1 Å². The van der Waals surface area contributed by atoms with Crippen LogP contribution in [0.3, 0.4) is 0 Å². The molecule has 0 bridgehead atoms. The highest BCUT2D eigenvalue weighted by Gasteiger charge is 2.34. The lowest BCUT2D eigenvalue weighted by Gasteiger charge is -2.11. The smallest absolute Gasteiger partial charge is 0.269 e. The number of amides is 1. The Kier molecular flexibility index (Phi) is 5.14. The van der Waals surface area contributed by atoms with Gasteiger partial charge >= 0.3 is 0 Å². The van der Waals surface area contributed by atoms with Gasteiger partial charge in [0.05, 0.1) is 9.83 Å². The number of aromatic nitrogens is 2. The zero-order valence-electron chi connectivity index (χ0n) is 14.3. The van der Waals surface area contributed by atoms with Crippen molar-refractivity contribution in [3.8, 4) is 0 Å². The van der Waals surface area contributed by atoms with Gasteiger partial charge in [-0.1, -0.05) is 11.3 Å². The number of thioether (sulfide) groups is 1. The molecular weight excluding hydrogens is 374 g/mol. The fourth-order valence-electron chi connectivity index (χ4n) is 2.38. The molecule has 0 unspecified atom stereocenters. The van der Waals surface area contributed by atoms with Gasteiger partial charge in [-0.3, -0.25) is 19.8 Å². The molecule has 2 heterocycles. The van der Waals surface area contributed by atoms with Crippen LogP contribution in [0.1, 0.15) is 24.4 Å². The number of carbonyl (C=O) groups is 1. The molecule has 0 atom stereocenters. The van der Waals surface area contributed by atoms with E-state index in [1.807, 2.05) is 20.8 Å². The SMILES string of the molecule is CCN1C(=O)/C(=C(\C)c2ccc([N+](=O)[O-])cc2)S/C1=N/c1nnc(C)s1. The molecule has 2 aromatic rings. The van der Waals surface area contributed by atoms with E-state index in [-0.39, 0.29) is 11.6 Å². The van der Waals surface area contributed by atoms with Crippen molar-refractivity contribution in [3.63, 3.8) is 0 Å². The second-order valence-corrected chi connectivity index (χ2v) is 7.55. The van der Waals surface area contributed by atoms with Crippen LogP contribution in [-0.2, 0) is 4.79 Å². The minimum absolute atomic E-state index is 0.0148. The van der Waals surface area contributed by atoms with Crippen LogP contribution in [0.15, 0.2) is 34.2 Å². The molecule has 1 aliphatic heterocycles. The molecule has 26 heavy (non-hydrogen) atoms. The third-order valence-corrected chi connectivity index (χ3v) is 5.65. The van der Waals surface area contributed by atoms with Gasteiger partial charge in [0.25, 0.3) is 11.6 Å². The van der Waals surface area contributed by atoms with Gasteiger partial charge in [-0.2, -0.15) is 4.99 Å². The zero-order valence-corrected chi connectivity index (χ0v) is 15.9. The lowest BCUT2D eigenvalue weighted by Crippen LogP contribution is -2.28. The fraction of sp³-hybridized carbons (Fsp3) is 0.250. The van der Waals surface area contributed by atoms with Gasteiger partial charge in [0, 0.05) is 18.7 Å². The molecule has 1 aromatic heterocycles. The largest absolute Gasteiger partial charge is 0.287 e. The number of rotatable bonds is 4. The van der Waals surface area contributed by atoms with Crippen LogP contribution in [0, 0.1) is 17.0 Å².